The molecule has 3 nitrogen and oxygen atoms in total. The summed E-state index contributed by atoms with van der Waals surface area (Å²) in [6.07, 6.45) is 0. The van der Waals surface area contributed by atoms with Crippen LogP contribution in [0, 0.1) is 17.3 Å². The van der Waals surface area contributed by atoms with E-state index in [0.29, 0.717) is 17.7 Å². The van der Waals surface area contributed by atoms with Gasteiger partial charge in [0.25, 0.3) is 0 Å². The molecular weight excluding hydrogens is 251 g/mol. The second-order valence-electron chi connectivity index (χ2n) is 8.15. The summed E-state index contributed by atoms with van der Waals surface area (Å²) in [5, 5.41) is 0. The van der Waals surface area contributed by atoms with Gasteiger partial charge in [0.1, 0.15) is 0 Å². The molecule has 0 aromatic heterocycles. The topological polar surface area (TPSA) is 27.7 Å². The van der Waals surface area contributed by atoms with Crippen molar-refractivity contribution in [1.29, 1.82) is 0 Å². The summed E-state index contributed by atoms with van der Waals surface area (Å²) in [5.41, 5.74) is 0.931. The average molecular weight is 278 g/mol. The molecule has 1 saturated carbocycles. The van der Waals surface area contributed by atoms with Crippen molar-refractivity contribution in [2.45, 2.75) is 58.6 Å². The van der Waals surface area contributed by atoms with Gasteiger partial charge in [0, 0.05) is 17.8 Å². The molecule has 3 aliphatic rings. The Morgan fingerprint density at radius 2 is 1.65 bits per heavy atom. The number of hydrogen-bond acceptors (Lipinski definition) is 3. The molecule has 3 fully saturated rings. The van der Waals surface area contributed by atoms with Gasteiger partial charge < -0.3 is 14.0 Å². The van der Waals surface area contributed by atoms with Gasteiger partial charge in [0.15, 0.2) is 0 Å². The number of ether oxygens (including phenoxy) is 1. The highest BCUT2D eigenvalue weighted by molar-refractivity contribution is 6.48. The highest BCUT2D eigenvalue weighted by Crippen LogP contribution is 2.67. The summed E-state index contributed by atoms with van der Waals surface area (Å²) in [5.74, 6) is 1.34. The quantitative estimate of drug-likeness (QED) is 0.573. The van der Waals surface area contributed by atoms with Crippen LogP contribution in [-0.4, -0.2) is 31.5 Å². The van der Waals surface area contributed by atoms with Crippen molar-refractivity contribution in [3.05, 3.63) is 12.2 Å². The first-order chi connectivity index (χ1) is 9.10. The lowest BCUT2D eigenvalue weighted by Crippen LogP contribution is -2.57. The van der Waals surface area contributed by atoms with Crippen LogP contribution in [0.15, 0.2) is 12.2 Å². The van der Waals surface area contributed by atoms with Crippen LogP contribution >= 0.6 is 0 Å². The molecule has 0 amide bonds. The summed E-state index contributed by atoms with van der Waals surface area (Å²) in [4.78, 5) is 0. The predicted molar refractivity (Wildman–Crippen MR) is 80.6 cm³/mol. The van der Waals surface area contributed by atoms with Gasteiger partial charge in [0.2, 0.25) is 0 Å². The van der Waals surface area contributed by atoms with Crippen molar-refractivity contribution in [1.82, 2.24) is 0 Å². The normalized spacial score (nSPS) is 45.1. The lowest BCUT2D eigenvalue weighted by Gasteiger charge is -2.56. The second-order valence-corrected chi connectivity index (χ2v) is 8.15. The Morgan fingerprint density at radius 3 is 2.15 bits per heavy atom. The van der Waals surface area contributed by atoms with Crippen LogP contribution in [0.25, 0.3) is 0 Å². The highest BCUT2D eigenvalue weighted by atomic mass is 16.7. The Kier molecular flexibility index (Phi) is 3.01. The Labute approximate surface area is 123 Å². The maximum atomic E-state index is 6.28. The predicted octanol–water partition coefficient (Wildman–Crippen LogP) is 3.31. The van der Waals surface area contributed by atoms with Crippen LogP contribution in [-0.2, 0) is 14.0 Å². The van der Waals surface area contributed by atoms with E-state index in [4.69, 9.17) is 14.0 Å². The Balaban J connectivity index is 1.86. The number of rotatable bonds is 2. The fraction of sp³-hybridized carbons (Fsp3) is 0.875. The van der Waals surface area contributed by atoms with Crippen molar-refractivity contribution in [3.8, 4) is 0 Å². The zero-order valence-electron chi connectivity index (χ0n) is 13.7. The lowest BCUT2D eigenvalue weighted by molar-refractivity contribution is 0.00578. The Hall–Kier alpha value is -0.315. The minimum absolute atomic E-state index is 0.138. The maximum Gasteiger partial charge on any atom is 0.462 e. The molecule has 0 aromatic carbocycles. The lowest BCUT2D eigenvalue weighted by atomic mass is 9.37. The van der Waals surface area contributed by atoms with E-state index in [-0.39, 0.29) is 23.7 Å². The SMILES string of the molecule is C=C(C)[C@@H]1[C@H](B2OC(C)(C)C(C)(C)O2)[C@H]2COC[C@]21C. The standard InChI is InChI=1S/C16H27BO3/c1-10(2)12-13(11-8-18-9-16(11,12)7)17-19-14(3,4)15(5,6)20-17/h11-13H,1,8-9H2,2-7H3/t11-,12-,13-,16-/m1/s1. The molecular formula is C16H27BO3. The van der Waals surface area contributed by atoms with Crippen LogP contribution in [0.5, 0.6) is 0 Å². The summed E-state index contributed by atoms with van der Waals surface area (Å²) in [7, 11) is -0.138. The first-order valence-electron chi connectivity index (χ1n) is 7.69. The molecule has 3 rings (SSSR count). The molecule has 0 N–H and O–H groups in total. The van der Waals surface area contributed by atoms with Crippen LogP contribution in [0.2, 0.25) is 5.82 Å². The van der Waals surface area contributed by atoms with Gasteiger partial charge in [-0.3, -0.25) is 0 Å². The molecule has 2 saturated heterocycles. The number of fused-ring (bicyclic) bond motifs is 1. The molecule has 0 unspecified atom stereocenters. The summed E-state index contributed by atoms with van der Waals surface area (Å²) >= 11 is 0. The van der Waals surface area contributed by atoms with Crippen molar-refractivity contribution >= 4 is 7.12 Å². The zero-order chi connectivity index (χ0) is 14.9. The minimum atomic E-state index is -0.261. The van der Waals surface area contributed by atoms with Gasteiger partial charge in [-0.2, -0.15) is 0 Å². The first-order valence-corrected chi connectivity index (χ1v) is 7.69. The first kappa shape index (κ1) is 14.6. The van der Waals surface area contributed by atoms with E-state index in [1.165, 1.54) is 5.57 Å². The zero-order valence-corrected chi connectivity index (χ0v) is 13.7. The molecule has 2 heterocycles. The number of hydrogen-bond donors (Lipinski definition) is 0. The third kappa shape index (κ3) is 1.71. The molecule has 20 heavy (non-hydrogen) atoms. The number of allylic oxidation sites excluding steroid dienone is 1. The van der Waals surface area contributed by atoms with Gasteiger partial charge >= 0.3 is 7.12 Å². The smallest absolute Gasteiger partial charge is 0.403 e. The second kappa shape index (κ2) is 4.11. The Morgan fingerprint density at radius 1 is 1.10 bits per heavy atom. The monoisotopic (exact) mass is 278 g/mol. The van der Waals surface area contributed by atoms with E-state index in [0.717, 1.165) is 13.2 Å². The van der Waals surface area contributed by atoms with E-state index in [1.807, 2.05) is 0 Å². The Bertz CT molecular complexity index is 429. The van der Waals surface area contributed by atoms with E-state index >= 15 is 0 Å². The molecule has 0 bridgehead atoms. The fourth-order valence-electron chi connectivity index (χ4n) is 4.41. The van der Waals surface area contributed by atoms with Gasteiger partial charge in [0.05, 0.1) is 17.8 Å². The molecule has 4 atom stereocenters. The van der Waals surface area contributed by atoms with Crippen molar-refractivity contribution in [2.75, 3.05) is 13.2 Å². The van der Waals surface area contributed by atoms with E-state index in [1.54, 1.807) is 0 Å². The molecule has 4 heteroatoms. The molecule has 112 valence electrons. The van der Waals surface area contributed by atoms with Crippen molar-refractivity contribution < 1.29 is 14.0 Å². The molecule has 0 radical (unpaired) electrons. The highest BCUT2D eigenvalue weighted by Gasteiger charge is 2.69. The van der Waals surface area contributed by atoms with E-state index in [2.05, 4.69) is 48.1 Å². The molecule has 0 aromatic rings. The molecule has 0 spiro atoms. The average Bonchev–Trinajstić information content (AvgIpc) is 2.67. The minimum Gasteiger partial charge on any atom is -0.403 e. The van der Waals surface area contributed by atoms with Gasteiger partial charge in [-0.25, -0.2) is 0 Å². The third-order valence-electron chi connectivity index (χ3n) is 6.23. The molecule has 1 aliphatic carbocycles. The third-order valence-corrected chi connectivity index (χ3v) is 6.23. The summed E-state index contributed by atoms with van der Waals surface area (Å²) in [6.45, 7) is 18.8. The van der Waals surface area contributed by atoms with Crippen LogP contribution in [0.3, 0.4) is 0 Å². The maximum absolute atomic E-state index is 6.28. The largest absolute Gasteiger partial charge is 0.462 e. The van der Waals surface area contributed by atoms with E-state index < -0.39 is 0 Å². The van der Waals surface area contributed by atoms with Gasteiger partial charge in [-0.05, 0) is 46.5 Å². The van der Waals surface area contributed by atoms with Crippen molar-refractivity contribution in [2.24, 2.45) is 17.3 Å². The van der Waals surface area contributed by atoms with Crippen LogP contribution in [0.1, 0.15) is 41.5 Å². The van der Waals surface area contributed by atoms with Crippen LogP contribution in [0.4, 0.5) is 0 Å². The van der Waals surface area contributed by atoms with Crippen molar-refractivity contribution in [3.63, 3.8) is 0 Å². The van der Waals surface area contributed by atoms with Gasteiger partial charge in [-0.1, -0.05) is 19.1 Å². The van der Waals surface area contributed by atoms with Gasteiger partial charge in [-0.15, -0.1) is 0 Å². The van der Waals surface area contributed by atoms with Crippen LogP contribution < -0.4 is 0 Å². The summed E-state index contributed by atoms with van der Waals surface area (Å²) < 4.78 is 18.3. The summed E-state index contributed by atoms with van der Waals surface area (Å²) in [6, 6.07) is 0. The van der Waals surface area contributed by atoms with E-state index in [9.17, 15) is 0 Å². The molecule has 2 aliphatic heterocycles. The fourth-order valence-corrected chi connectivity index (χ4v) is 4.41.